The third kappa shape index (κ3) is 3.75. The molecular formula is C24H27N5O. The third-order valence-electron chi connectivity index (χ3n) is 6.48. The molecule has 1 saturated heterocycles. The number of likely N-dealkylation sites (tertiary alicyclic amines) is 1. The maximum atomic E-state index is 12.8. The van der Waals surface area contributed by atoms with Gasteiger partial charge in [-0.25, -0.2) is 4.98 Å². The first kappa shape index (κ1) is 19.0. The molecule has 1 N–H and O–H groups in total. The number of pyridine rings is 1. The van der Waals surface area contributed by atoms with Crippen LogP contribution in [0.2, 0.25) is 0 Å². The summed E-state index contributed by atoms with van der Waals surface area (Å²) in [6, 6.07) is 14.7. The molecule has 1 aromatic carbocycles. The van der Waals surface area contributed by atoms with Crippen molar-refractivity contribution in [3.8, 4) is 0 Å². The molecule has 6 heteroatoms. The van der Waals surface area contributed by atoms with Gasteiger partial charge in [-0.05, 0) is 36.5 Å². The van der Waals surface area contributed by atoms with E-state index in [1.807, 2.05) is 23.4 Å². The van der Waals surface area contributed by atoms with Gasteiger partial charge in [-0.3, -0.25) is 14.7 Å². The van der Waals surface area contributed by atoms with Gasteiger partial charge in [0.05, 0.1) is 23.6 Å². The van der Waals surface area contributed by atoms with Crippen LogP contribution in [-0.4, -0.2) is 50.3 Å². The number of aromatic amines is 1. The summed E-state index contributed by atoms with van der Waals surface area (Å²) in [5, 5.41) is 0. The van der Waals surface area contributed by atoms with Crippen molar-refractivity contribution in [3.05, 3.63) is 83.7 Å². The lowest BCUT2D eigenvalue weighted by Crippen LogP contribution is -2.45. The maximum absolute atomic E-state index is 12.8. The number of nitrogens with one attached hydrogen (secondary N) is 1. The molecule has 0 saturated carbocycles. The minimum Gasteiger partial charge on any atom is -0.348 e. The normalized spacial score (nSPS) is 20.1. The van der Waals surface area contributed by atoms with Gasteiger partial charge in [0.1, 0.15) is 0 Å². The summed E-state index contributed by atoms with van der Waals surface area (Å²) in [6.07, 6.45) is 8.20. The van der Waals surface area contributed by atoms with Crippen LogP contribution in [-0.2, 0) is 13.0 Å². The average Bonchev–Trinajstić information content (AvgIpc) is 3.29. The minimum absolute atomic E-state index is 0.0896. The highest BCUT2D eigenvalue weighted by Gasteiger charge is 2.37. The van der Waals surface area contributed by atoms with Gasteiger partial charge in [-0.15, -0.1) is 0 Å². The van der Waals surface area contributed by atoms with Gasteiger partial charge in [0.25, 0.3) is 5.91 Å². The Morgan fingerprint density at radius 2 is 1.90 bits per heavy atom. The lowest BCUT2D eigenvalue weighted by molar-refractivity contribution is 0.0529. The van der Waals surface area contributed by atoms with Gasteiger partial charge in [0.15, 0.2) is 0 Å². The Hall–Kier alpha value is -2.99. The SMILES string of the molecule is O=C(c1cccnc1)N1CCC(C2c3nc[nH]c3CCN2Cc2ccccc2)CC1. The second-order valence-corrected chi connectivity index (χ2v) is 8.29. The molecule has 30 heavy (non-hydrogen) atoms. The molecule has 1 atom stereocenters. The van der Waals surface area contributed by atoms with Crippen molar-refractivity contribution in [2.45, 2.75) is 31.8 Å². The van der Waals surface area contributed by atoms with Crippen molar-refractivity contribution >= 4 is 5.91 Å². The molecule has 2 aliphatic heterocycles. The number of hydrogen-bond acceptors (Lipinski definition) is 4. The first-order valence-corrected chi connectivity index (χ1v) is 10.8. The van der Waals surface area contributed by atoms with E-state index in [-0.39, 0.29) is 5.91 Å². The summed E-state index contributed by atoms with van der Waals surface area (Å²) in [4.78, 5) is 29.5. The highest BCUT2D eigenvalue weighted by atomic mass is 16.2. The number of amides is 1. The summed E-state index contributed by atoms with van der Waals surface area (Å²) in [6.45, 7) is 3.54. The molecule has 1 unspecified atom stereocenters. The Morgan fingerprint density at radius 1 is 1.07 bits per heavy atom. The molecule has 0 spiro atoms. The number of aromatic nitrogens is 3. The molecule has 2 aliphatic rings. The van der Waals surface area contributed by atoms with Crippen LogP contribution in [0.15, 0.2) is 61.2 Å². The number of benzene rings is 1. The Bertz CT molecular complexity index is 979. The number of piperidine rings is 1. The molecule has 1 fully saturated rings. The van der Waals surface area contributed by atoms with Crippen LogP contribution in [0.25, 0.3) is 0 Å². The van der Waals surface area contributed by atoms with Crippen LogP contribution in [0.1, 0.15) is 46.2 Å². The van der Waals surface area contributed by atoms with Crippen molar-refractivity contribution in [2.75, 3.05) is 19.6 Å². The molecule has 154 valence electrons. The number of H-pyrrole nitrogens is 1. The zero-order valence-electron chi connectivity index (χ0n) is 17.1. The van der Waals surface area contributed by atoms with E-state index in [0.717, 1.165) is 45.4 Å². The van der Waals surface area contributed by atoms with E-state index in [9.17, 15) is 4.79 Å². The third-order valence-corrected chi connectivity index (χ3v) is 6.48. The van der Waals surface area contributed by atoms with E-state index >= 15 is 0 Å². The zero-order chi connectivity index (χ0) is 20.3. The van der Waals surface area contributed by atoms with E-state index in [2.05, 4.69) is 45.2 Å². The molecule has 0 aliphatic carbocycles. The molecular weight excluding hydrogens is 374 g/mol. The van der Waals surface area contributed by atoms with Crippen LogP contribution >= 0.6 is 0 Å². The number of rotatable bonds is 4. The monoisotopic (exact) mass is 401 g/mol. The van der Waals surface area contributed by atoms with E-state index in [0.29, 0.717) is 17.5 Å². The van der Waals surface area contributed by atoms with E-state index < -0.39 is 0 Å². The Morgan fingerprint density at radius 3 is 2.67 bits per heavy atom. The summed E-state index contributed by atoms with van der Waals surface area (Å²) < 4.78 is 0. The fourth-order valence-corrected chi connectivity index (χ4v) is 4.96. The van der Waals surface area contributed by atoms with Gasteiger partial charge < -0.3 is 9.88 Å². The predicted molar refractivity (Wildman–Crippen MR) is 115 cm³/mol. The molecule has 3 aromatic rings. The molecule has 1 amide bonds. The largest absolute Gasteiger partial charge is 0.348 e. The Balaban J connectivity index is 1.32. The fourth-order valence-electron chi connectivity index (χ4n) is 4.96. The van der Waals surface area contributed by atoms with Crippen molar-refractivity contribution in [3.63, 3.8) is 0 Å². The topological polar surface area (TPSA) is 65.1 Å². The quantitative estimate of drug-likeness (QED) is 0.727. The second kappa shape index (κ2) is 8.40. The fraction of sp³-hybridized carbons (Fsp3) is 0.375. The first-order valence-electron chi connectivity index (χ1n) is 10.8. The molecule has 4 heterocycles. The summed E-state index contributed by atoms with van der Waals surface area (Å²) in [7, 11) is 0. The number of fused-ring (bicyclic) bond motifs is 1. The highest BCUT2D eigenvalue weighted by molar-refractivity contribution is 5.93. The van der Waals surface area contributed by atoms with Gasteiger partial charge in [-0.2, -0.15) is 0 Å². The molecule has 0 radical (unpaired) electrons. The molecule has 6 nitrogen and oxygen atoms in total. The van der Waals surface area contributed by atoms with Crippen LogP contribution in [0.4, 0.5) is 0 Å². The standard InChI is InChI=1S/C24H27N5O/c30-24(20-7-4-11-25-15-20)28-12-8-19(9-13-28)23-22-21(26-17-27-22)10-14-29(23)16-18-5-2-1-3-6-18/h1-7,11,15,17,19,23H,8-10,12-14,16H2,(H,26,27). The van der Waals surface area contributed by atoms with Crippen LogP contribution in [0, 0.1) is 5.92 Å². The lowest BCUT2D eigenvalue weighted by Gasteiger charge is -2.43. The van der Waals surface area contributed by atoms with Gasteiger partial charge in [-0.1, -0.05) is 30.3 Å². The number of carbonyl (C=O) groups excluding carboxylic acids is 1. The smallest absolute Gasteiger partial charge is 0.255 e. The molecule has 2 aromatic heterocycles. The summed E-state index contributed by atoms with van der Waals surface area (Å²) >= 11 is 0. The van der Waals surface area contributed by atoms with Gasteiger partial charge in [0.2, 0.25) is 0 Å². The Labute approximate surface area is 177 Å². The van der Waals surface area contributed by atoms with Crippen molar-refractivity contribution in [2.24, 2.45) is 5.92 Å². The number of carbonyl (C=O) groups is 1. The van der Waals surface area contributed by atoms with Gasteiger partial charge in [0, 0.05) is 50.7 Å². The number of nitrogens with zero attached hydrogens (tertiary/aromatic N) is 4. The zero-order valence-corrected chi connectivity index (χ0v) is 17.1. The summed E-state index contributed by atoms with van der Waals surface area (Å²) in [5.74, 6) is 0.584. The Kier molecular flexibility index (Phi) is 5.32. The van der Waals surface area contributed by atoms with Crippen molar-refractivity contribution < 1.29 is 4.79 Å². The number of imidazole rings is 1. The van der Waals surface area contributed by atoms with Gasteiger partial charge >= 0.3 is 0 Å². The average molecular weight is 402 g/mol. The van der Waals surface area contributed by atoms with E-state index in [4.69, 9.17) is 4.98 Å². The maximum Gasteiger partial charge on any atom is 0.255 e. The highest BCUT2D eigenvalue weighted by Crippen LogP contribution is 2.39. The van der Waals surface area contributed by atoms with Crippen LogP contribution in [0.5, 0.6) is 0 Å². The first-order chi connectivity index (χ1) is 14.8. The van der Waals surface area contributed by atoms with Crippen LogP contribution < -0.4 is 0 Å². The van der Waals surface area contributed by atoms with Crippen molar-refractivity contribution in [1.29, 1.82) is 0 Å². The van der Waals surface area contributed by atoms with E-state index in [1.54, 1.807) is 12.4 Å². The van der Waals surface area contributed by atoms with Crippen molar-refractivity contribution in [1.82, 2.24) is 24.8 Å². The minimum atomic E-state index is 0.0896. The summed E-state index contributed by atoms with van der Waals surface area (Å²) in [5.41, 5.74) is 4.49. The predicted octanol–water partition coefficient (Wildman–Crippen LogP) is 3.46. The lowest BCUT2D eigenvalue weighted by atomic mass is 9.83. The van der Waals surface area contributed by atoms with Crippen LogP contribution in [0.3, 0.4) is 0 Å². The second-order valence-electron chi connectivity index (χ2n) is 8.29. The molecule has 0 bridgehead atoms. The van der Waals surface area contributed by atoms with E-state index in [1.165, 1.54) is 17.0 Å². The number of hydrogen-bond donors (Lipinski definition) is 1. The molecule has 5 rings (SSSR count).